The van der Waals surface area contributed by atoms with Gasteiger partial charge in [0.15, 0.2) is 0 Å². The van der Waals surface area contributed by atoms with Crippen LogP contribution in [-0.4, -0.2) is 30.6 Å². The highest BCUT2D eigenvalue weighted by Gasteiger charge is 2.26. The maximum atomic E-state index is 6.12. The smallest absolute Gasteiger partial charge is 0.0406 e. The van der Waals surface area contributed by atoms with Crippen molar-refractivity contribution in [3.8, 4) is 0 Å². The van der Waals surface area contributed by atoms with Crippen molar-refractivity contribution in [3.05, 3.63) is 34.9 Å². The largest absolute Gasteiger partial charge is 0.326 e. The summed E-state index contributed by atoms with van der Waals surface area (Å²) in [6.07, 6.45) is 6.03. The van der Waals surface area contributed by atoms with Gasteiger partial charge in [-0.15, -0.1) is 0 Å². The molecule has 1 aromatic rings. The van der Waals surface area contributed by atoms with E-state index in [1.807, 2.05) is 12.1 Å². The summed E-state index contributed by atoms with van der Waals surface area (Å²) in [5.74, 6) is 0. The van der Waals surface area contributed by atoms with E-state index >= 15 is 0 Å². The minimum Gasteiger partial charge on any atom is -0.326 e. The van der Waals surface area contributed by atoms with E-state index in [2.05, 4.69) is 24.1 Å². The summed E-state index contributed by atoms with van der Waals surface area (Å²) < 4.78 is 0. The second-order valence-electron chi connectivity index (χ2n) is 5.37. The quantitative estimate of drug-likeness (QED) is 0.888. The molecule has 1 aliphatic rings. The van der Waals surface area contributed by atoms with Crippen LogP contribution in [0.1, 0.15) is 31.2 Å². The summed E-state index contributed by atoms with van der Waals surface area (Å²) in [7, 11) is 2.21. The molecule has 0 radical (unpaired) electrons. The Morgan fingerprint density at radius 3 is 2.61 bits per heavy atom. The van der Waals surface area contributed by atoms with E-state index in [1.165, 1.54) is 31.2 Å². The fraction of sp³-hybridized carbons (Fsp3) is 0.600. The number of rotatable bonds is 5. The zero-order chi connectivity index (χ0) is 13.0. The lowest BCUT2D eigenvalue weighted by Gasteiger charge is -2.27. The first-order chi connectivity index (χ1) is 8.66. The Bertz CT molecular complexity index is 363. The first kappa shape index (κ1) is 13.9. The molecule has 0 saturated heterocycles. The van der Waals surface area contributed by atoms with E-state index in [-0.39, 0.29) is 0 Å². The van der Waals surface area contributed by atoms with E-state index in [1.54, 1.807) is 0 Å². The van der Waals surface area contributed by atoms with Crippen molar-refractivity contribution in [1.29, 1.82) is 0 Å². The molecule has 1 aromatic carbocycles. The first-order valence-corrected chi connectivity index (χ1v) is 7.25. The molecular weight excluding hydrogens is 244 g/mol. The molecule has 2 atom stereocenters. The minimum atomic E-state index is 0.380. The molecule has 0 heterocycles. The molecule has 18 heavy (non-hydrogen) atoms. The molecule has 1 saturated carbocycles. The Labute approximate surface area is 115 Å². The third kappa shape index (κ3) is 3.71. The zero-order valence-corrected chi connectivity index (χ0v) is 11.9. The van der Waals surface area contributed by atoms with E-state index in [9.17, 15) is 0 Å². The summed E-state index contributed by atoms with van der Waals surface area (Å²) in [5, 5.41) is 0.813. The molecular formula is C15H23ClN2. The van der Waals surface area contributed by atoms with Gasteiger partial charge in [-0.3, -0.25) is 0 Å². The van der Waals surface area contributed by atoms with Gasteiger partial charge in [-0.2, -0.15) is 0 Å². The number of hydrogen-bond acceptors (Lipinski definition) is 2. The standard InChI is InChI=1S/C15H23ClN2/c1-18(15-6-2-5-14(15)17)11-3-4-12-7-9-13(16)10-8-12/h7-10,14-15H,2-6,11,17H2,1H3/t14-,15-/m0/s1. The fourth-order valence-electron chi connectivity index (χ4n) is 2.87. The monoisotopic (exact) mass is 266 g/mol. The van der Waals surface area contributed by atoms with Crippen molar-refractivity contribution in [2.45, 2.75) is 44.2 Å². The number of aryl methyl sites for hydroxylation is 1. The van der Waals surface area contributed by atoms with E-state index in [0.29, 0.717) is 12.1 Å². The molecule has 0 amide bonds. The van der Waals surface area contributed by atoms with Crippen LogP contribution in [0.4, 0.5) is 0 Å². The molecule has 1 aliphatic carbocycles. The lowest BCUT2D eigenvalue weighted by Crippen LogP contribution is -2.42. The Morgan fingerprint density at radius 1 is 1.28 bits per heavy atom. The van der Waals surface area contributed by atoms with Gasteiger partial charge >= 0.3 is 0 Å². The molecule has 1 fully saturated rings. The molecule has 0 aromatic heterocycles. The van der Waals surface area contributed by atoms with Crippen LogP contribution in [0.3, 0.4) is 0 Å². The van der Waals surface area contributed by atoms with Crippen molar-refractivity contribution < 1.29 is 0 Å². The van der Waals surface area contributed by atoms with Gasteiger partial charge in [0.1, 0.15) is 0 Å². The molecule has 0 spiro atoms. The summed E-state index contributed by atoms with van der Waals surface area (Å²) in [6.45, 7) is 1.13. The Balaban J connectivity index is 1.73. The van der Waals surface area contributed by atoms with Gasteiger partial charge in [-0.25, -0.2) is 0 Å². The fourth-order valence-corrected chi connectivity index (χ4v) is 2.99. The van der Waals surface area contributed by atoms with Gasteiger partial charge < -0.3 is 10.6 Å². The Morgan fingerprint density at radius 2 is 2.00 bits per heavy atom. The van der Waals surface area contributed by atoms with Crippen molar-refractivity contribution in [1.82, 2.24) is 4.90 Å². The summed E-state index contributed by atoms with van der Waals surface area (Å²) in [4.78, 5) is 2.44. The van der Waals surface area contributed by atoms with Gasteiger partial charge in [0, 0.05) is 17.1 Å². The van der Waals surface area contributed by atoms with Crippen molar-refractivity contribution in [3.63, 3.8) is 0 Å². The SMILES string of the molecule is CN(CCCc1ccc(Cl)cc1)[C@H]1CCC[C@@H]1N. The lowest BCUT2D eigenvalue weighted by atomic mass is 10.1. The second-order valence-corrected chi connectivity index (χ2v) is 5.81. The molecule has 0 bridgehead atoms. The van der Waals surface area contributed by atoms with Crippen LogP contribution < -0.4 is 5.73 Å². The van der Waals surface area contributed by atoms with E-state index in [4.69, 9.17) is 17.3 Å². The third-order valence-electron chi connectivity index (χ3n) is 3.99. The summed E-state index contributed by atoms with van der Waals surface area (Å²) in [6, 6.07) is 9.13. The summed E-state index contributed by atoms with van der Waals surface area (Å²) in [5.41, 5.74) is 7.49. The van der Waals surface area contributed by atoms with E-state index < -0.39 is 0 Å². The first-order valence-electron chi connectivity index (χ1n) is 6.87. The molecule has 3 heteroatoms. The van der Waals surface area contributed by atoms with Gasteiger partial charge in [0.05, 0.1) is 0 Å². The zero-order valence-electron chi connectivity index (χ0n) is 11.1. The highest BCUT2D eigenvalue weighted by atomic mass is 35.5. The van der Waals surface area contributed by atoms with E-state index in [0.717, 1.165) is 18.0 Å². The third-order valence-corrected chi connectivity index (χ3v) is 4.24. The number of benzene rings is 1. The van der Waals surface area contributed by atoms with Gasteiger partial charge in [0.25, 0.3) is 0 Å². The second kappa shape index (κ2) is 6.55. The van der Waals surface area contributed by atoms with Crippen LogP contribution >= 0.6 is 11.6 Å². The molecule has 100 valence electrons. The number of halogens is 1. The van der Waals surface area contributed by atoms with Crippen molar-refractivity contribution in [2.75, 3.05) is 13.6 Å². The van der Waals surface area contributed by atoms with Crippen molar-refractivity contribution in [2.24, 2.45) is 5.73 Å². The molecule has 0 aliphatic heterocycles. The van der Waals surface area contributed by atoms with Crippen LogP contribution in [0.5, 0.6) is 0 Å². The Hall–Kier alpha value is -0.570. The Kier molecular flexibility index (Phi) is 5.04. The average molecular weight is 267 g/mol. The average Bonchev–Trinajstić information content (AvgIpc) is 2.78. The highest BCUT2D eigenvalue weighted by Crippen LogP contribution is 2.22. The maximum Gasteiger partial charge on any atom is 0.0406 e. The minimum absolute atomic E-state index is 0.380. The lowest BCUT2D eigenvalue weighted by molar-refractivity contribution is 0.226. The van der Waals surface area contributed by atoms with Gasteiger partial charge in [-0.05, 0) is 57.0 Å². The molecule has 2 N–H and O–H groups in total. The van der Waals surface area contributed by atoms with Crippen LogP contribution in [0, 0.1) is 0 Å². The van der Waals surface area contributed by atoms with Crippen LogP contribution in [0.15, 0.2) is 24.3 Å². The topological polar surface area (TPSA) is 29.3 Å². The molecule has 2 nitrogen and oxygen atoms in total. The highest BCUT2D eigenvalue weighted by molar-refractivity contribution is 6.30. The van der Waals surface area contributed by atoms with Crippen LogP contribution in [0.25, 0.3) is 0 Å². The number of likely N-dealkylation sites (N-methyl/N-ethyl adjacent to an activating group) is 1. The van der Waals surface area contributed by atoms with Crippen molar-refractivity contribution >= 4 is 11.6 Å². The summed E-state index contributed by atoms with van der Waals surface area (Å²) >= 11 is 5.88. The number of nitrogens with zero attached hydrogens (tertiary/aromatic N) is 1. The number of nitrogens with two attached hydrogens (primary N) is 1. The molecule has 2 rings (SSSR count). The predicted octanol–water partition coefficient (Wildman–Crippen LogP) is 3.08. The van der Waals surface area contributed by atoms with Crippen LogP contribution in [0.2, 0.25) is 5.02 Å². The maximum absolute atomic E-state index is 6.12. The predicted molar refractivity (Wildman–Crippen MR) is 78.0 cm³/mol. The van der Waals surface area contributed by atoms with Gasteiger partial charge in [0.2, 0.25) is 0 Å². The normalized spacial score (nSPS) is 23.8. The van der Waals surface area contributed by atoms with Crippen LogP contribution in [-0.2, 0) is 6.42 Å². The van der Waals surface area contributed by atoms with Gasteiger partial charge in [-0.1, -0.05) is 30.2 Å². The molecule has 0 unspecified atom stereocenters. The number of hydrogen-bond donors (Lipinski definition) is 1.